The molecule has 0 unspecified atom stereocenters. The lowest BCUT2D eigenvalue weighted by atomic mass is 10.0. The molecule has 198 valence electrons. The SMILES string of the molecule is CN(C)CCNc1cc(C(=O)Nc2ccccc2C(=O)Cc2ccc(C(N)=O)cc2)nc(-c2ccccc2)n1. The number of carbonyl (C=O) groups excluding carboxylic acids is 3. The van der Waals surface area contributed by atoms with Crippen LogP contribution in [0.3, 0.4) is 0 Å². The molecule has 1 aromatic heterocycles. The Morgan fingerprint density at radius 2 is 1.56 bits per heavy atom. The lowest BCUT2D eigenvalue weighted by Gasteiger charge is -2.14. The zero-order valence-electron chi connectivity index (χ0n) is 21.8. The number of primary amides is 1. The molecule has 0 radical (unpaired) electrons. The second-order valence-corrected chi connectivity index (χ2v) is 9.22. The number of benzene rings is 3. The molecule has 3 aromatic carbocycles. The highest BCUT2D eigenvalue weighted by molar-refractivity contribution is 6.09. The van der Waals surface area contributed by atoms with E-state index in [4.69, 9.17) is 5.73 Å². The number of nitrogens with zero attached hydrogens (tertiary/aromatic N) is 3. The highest BCUT2D eigenvalue weighted by Crippen LogP contribution is 2.21. The van der Waals surface area contributed by atoms with Crippen molar-refractivity contribution in [2.24, 2.45) is 5.73 Å². The normalized spacial score (nSPS) is 10.7. The molecule has 0 saturated carbocycles. The molecule has 0 fully saturated rings. The zero-order valence-corrected chi connectivity index (χ0v) is 21.8. The molecule has 39 heavy (non-hydrogen) atoms. The Kier molecular flexibility index (Phi) is 8.75. The maximum absolute atomic E-state index is 13.4. The Labute approximate surface area is 227 Å². The van der Waals surface area contributed by atoms with Crippen molar-refractivity contribution in [3.63, 3.8) is 0 Å². The molecule has 0 saturated heterocycles. The average molecular weight is 523 g/mol. The first-order valence-corrected chi connectivity index (χ1v) is 12.5. The minimum atomic E-state index is -0.530. The van der Waals surface area contributed by atoms with E-state index >= 15 is 0 Å². The first kappa shape index (κ1) is 27.2. The van der Waals surface area contributed by atoms with E-state index in [-0.39, 0.29) is 17.9 Å². The molecule has 0 spiro atoms. The largest absolute Gasteiger partial charge is 0.369 e. The molecule has 2 amide bonds. The van der Waals surface area contributed by atoms with Crippen molar-refractivity contribution in [1.29, 1.82) is 0 Å². The van der Waals surface area contributed by atoms with Crippen LogP contribution in [0.15, 0.2) is 84.9 Å². The van der Waals surface area contributed by atoms with Crippen LogP contribution in [-0.4, -0.2) is 59.7 Å². The topological polar surface area (TPSA) is 130 Å². The summed E-state index contributed by atoms with van der Waals surface area (Å²) < 4.78 is 0. The van der Waals surface area contributed by atoms with Gasteiger partial charge < -0.3 is 21.3 Å². The van der Waals surface area contributed by atoms with Crippen LogP contribution in [0, 0.1) is 0 Å². The molecule has 0 aliphatic heterocycles. The van der Waals surface area contributed by atoms with E-state index in [0.717, 1.165) is 17.7 Å². The number of anilines is 2. The minimum absolute atomic E-state index is 0.0948. The Balaban J connectivity index is 1.57. The lowest BCUT2D eigenvalue weighted by molar-refractivity contribution is 0.0989. The van der Waals surface area contributed by atoms with Crippen molar-refractivity contribution in [2.45, 2.75) is 6.42 Å². The number of nitrogens with two attached hydrogens (primary N) is 1. The van der Waals surface area contributed by atoms with E-state index < -0.39 is 11.8 Å². The maximum Gasteiger partial charge on any atom is 0.274 e. The van der Waals surface area contributed by atoms with E-state index in [9.17, 15) is 14.4 Å². The zero-order chi connectivity index (χ0) is 27.8. The van der Waals surface area contributed by atoms with Gasteiger partial charge in [0.1, 0.15) is 11.5 Å². The van der Waals surface area contributed by atoms with Crippen LogP contribution in [0.25, 0.3) is 11.4 Å². The third-order valence-electron chi connectivity index (χ3n) is 5.93. The smallest absolute Gasteiger partial charge is 0.274 e. The molecular formula is C30H30N6O3. The van der Waals surface area contributed by atoms with Crippen LogP contribution >= 0.6 is 0 Å². The summed E-state index contributed by atoms with van der Waals surface area (Å²) in [4.78, 5) is 49.0. The van der Waals surface area contributed by atoms with E-state index in [2.05, 4.69) is 20.6 Å². The fourth-order valence-electron chi connectivity index (χ4n) is 3.87. The lowest BCUT2D eigenvalue weighted by Crippen LogP contribution is -2.22. The molecule has 0 atom stereocenters. The summed E-state index contributed by atoms with van der Waals surface area (Å²) in [5, 5.41) is 6.11. The summed E-state index contributed by atoms with van der Waals surface area (Å²) in [6, 6.07) is 24.4. The predicted molar refractivity (Wildman–Crippen MR) is 152 cm³/mol. The Bertz CT molecular complexity index is 1470. The molecule has 4 N–H and O–H groups in total. The number of para-hydroxylation sites is 1. The molecule has 0 aliphatic rings. The van der Waals surface area contributed by atoms with Crippen molar-refractivity contribution in [3.05, 3.63) is 107 Å². The van der Waals surface area contributed by atoms with Crippen LogP contribution in [0.5, 0.6) is 0 Å². The van der Waals surface area contributed by atoms with E-state index in [0.29, 0.717) is 35.0 Å². The highest BCUT2D eigenvalue weighted by atomic mass is 16.2. The average Bonchev–Trinajstić information content (AvgIpc) is 2.93. The summed E-state index contributed by atoms with van der Waals surface area (Å²) >= 11 is 0. The van der Waals surface area contributed by atoms with Crippen molar-refractivity contribution >= 4 is 29.1 Å². The number of rotatable bonds is 11. The standard InChI is InChI=1S/C30H30N6O3/c1-36(2)17-16-32-27-19-25(33-29(35-27)22-8-4-3-5-9-22)30(39)34-24-11-7-6-10-23(24)26(37)18-20-12-14-21(15-13-20)28(31)38/h3-15,19H,16-18H2,1-2H3,(H2,31,38)(H,34,39)(H,32,33,35). The van der Waals surface area contributed by atoms with Gasteiger partial charge in [-0.3, -0.25) is 14.4 Å². The third-order valence-corrected chi connectivity index (χ3v) is 5.93. The van der Waals surface area contributed by atoms with Crippen molar-refractivity contribution in [3.8, 4) is 11.4 Å². The molecule has 4 rings (SSSR count). The maximum atomic E-state index is 13.4. The molecule has 1 heterocycles. The van der Waals surface area contributed by atoms with Gasteiger partial charge in [0, 0.05) is 42.3 Å². The highest BCUT2D eigenvalue weighted by Gasteiger charge is 2.18. The van der Waals surface area contributed by atoms with E-state index in [1.54, 1.807) is 54.6 Å². The van der Waals surface area contributed by atoms with Gasteiger partial charge in [0.25, 0.3) is 5.91 Å². The molecule has 0 bridgehead atoms. The van der Waals surface area contributed by atoms with Gasteiger partial charge in [0.15, 0.2) is 11.6 Å². The number of carbonyl (C=O) groups is 3. The Morgan fingerprint density at radius 1 is 0.872 bits per heavy atom. The number of hydrogen-bond donors (Lipinski definition) is 3. The van der Waals surface area contributed by atoms with Crippen molar-refractivity contribution in [2.75, 3.05) is 37.8 Å². The molecule has 4 aromatic rings. The second kappa shape index (κ2) is 12.6. The first-order valence-electron chi connectivity index (χ1n) is 12.5. The Hall–Kier alpha value is -4.89. The van der Waals surface area contributed by atoms with Crippen LogP contribution in [-0.2, 0) is 6.42 Å². The molecule has 9 nitrogen and oxygen atoms in total. The van der Waals surface area contributed by atoms with Gasteiger partial charge in [-0.15, -0.1) is 0 Å². The van der Waals surface area contributed by atoms with E-state index in [1.165, 1.54) is 0 Å². The van der Waals surface area contributed by atoms with Crippen LogP contribution in [0.4, 0.5) is 11.5 Å². The number of ketones is 1. The quantitative estimate of drug-likeness (QED) is 0.255. The van der Waals surface area contributed by atoms with Gasteiger partial charge in [-0.2, -0.15) is 0 Å². The first-order chi connectivity index (χ1) is 18.8. The number of hydrogen-bond acceptors (Lipinski definition) is 7. The van der Waals surface area contributed by atoms with Gasteiger partial charge in [-0.1, -0.05) is 54.6 Å². The van der Waals surface area contributed by atoms with Crippen LogP contribution in [0.2, 0.25) is 0 Å². The minimum Gasteiger partial charge on any atom is -0.369 e. The van der Waals surface area contributed by atoms with Crippen molar-refractivity contribution in [1.82, 2.24) is 14.9 Å². The predicted octanol–water partition coefficient (Wildman–Crippen LogP) is 3.89. The number of likely N-dealkylation sites (N-methyl/N-ethyl adjacent to an activating group) is 1. The summed E-state index contributed by atoms with van der Waals surface area (Å²) in [6.45, 7) is 1.42. The van der Waals surface area contributed by atoms with Crippen molar-refractivity contribution < 1.29 is 14.4 Å². The number of nitrogens with one attached hydrogen (secondary N) is 2. The number of amides is 2. The second-order valence-electron chi connectivity index (χ2n) is 9.22. The van der Waals surface area contributed by atoms with Gasteiger partial charge in [0.05, 0.1) is 5.69 Å². The monoisotopic (exact) mass is 522 g/mol. The summed E-state index contributed by atoms with van der Waals surface area (Å²) in [7, 11) is 3.95. The molecule has 9 heteroatoms. The number of Topliss-reactive ketones (excluding diaryl/α,β-unsaturated/α-hetero) is 1. The van der Waals surface area contributed by atoms with Gasteiger partial charge in [-0.05, 0) is 43.9 Å². The van der Waals surface area contributed by atoms with Crippen LogP contribution < -0.4 is 16.4 Å². The van der Waals surface area contributed by atoms with Crippen LogP contribution in [0.1, 0.15) is 36.8 Å². The fraction of sp³-hybridized carbons (Fsp3) is 0.167. The molecule has 0 aliphatic carbocycles. The van der Waals surface area contributed by atoms with Gasteiger partial charge in [0.2, 0.25) is 5.91 Å². The summed E-state index contributed by atoms with van der Waals surface area (Å²) in [5.74, 6) is -0.233. The Morgan fingerprint density at radius 3 is 2.26 bits per heavy atom. The summed E-state index contributed by atoms with van der Waals surface area (Å²) in [6.07, 6.45) is 0.0948. The fourth-order valence-corrected chi connectivity index (χ4v) is 3.87. The summed E-state index contributed by atoms with van der Waals surface area (Å²) in [5.41, 5.74) is 8.08. The molecular weight excluding hydrogens is 492 g/mol. The number of aromatic nitrogens is 2. The van der Waals surface area contributed by atoms with E-state index in [1.807, 2.05) is 49.3 Å². The van der Waals surface area contributed by atoms with Gasteiger partial charge in [-0.25, -0.2) is 9.97 Å². The third kappa shape index (κ3) is 7.33. The van der Waals surface area contributed by atoms with Gasteiger partial charge >= 0.3 is 0 Å².